The van der Waals surface area contributed by atoms with Crippen LogP contribution in [0.1, 0.15) is 44.9 Å². The number of rotatable bonds is 5. The number of carbonyl (C=O) groups excluding carboxylic acids is 1. The highest BCUT2D eigenvalue weighted by Crippen LogP contribution is 2.49. The largest absolute Gasteiger partial charge is 0.310 e. The number of aryl methyl sites for hydroxylation is 2. The molecule has 1 unspecified atom stereocenters. The van der Waals surface area contributed by atoms with Crippen molar-refractivity contribution in [3.63, 3.8) is 0 Å². The summed E-state index contributed by atoms with van der Waals surface area (Å²) in [6.07, 6.45) is 6.43. The third kappa shape index (κ3) is 4.27. The van der Waals surface area contributed by atoms with Crippen molar-refractivity contribution in [1.29, 1.82) is 0 Å². The number of hydrogen-bond donors (Lipinski definition) is 1. The molecule has 4 aromatic heterocycles. The van der Waals surface area contributed by atoms with Crippen molar-refractivity contribution in [1.82, 2.24) is 24.6 Å². The van der Waals surface area contributed by atoms with Gasteiger partial charge in [-0.15, -0.1) is 0 Å². The first kappa shape index (κ1) is 22.7. The van der Waals surface area contributed by atoms with Crippen LogP contribution >= 0.6 is 0 Å². The van der Waals surface area contributed by atoms with Gasteiger partial charge in [-0.25, -0.2) is 23.3 Å². The highest BCUT2D eigenvalue weighted by molar-refractivity contribution is 5.97. The van der Waals surface area contributed by atoms with Crippen LogP contribution in [-0.2, 0) is 11.2 Å². The Bertz CT molecular complexity index is 1330. The summed E-state index contributed by atoms with van der Waals surface area (Å²) in [4.78, 5) is 25.2. The Morgan fingerprint density at radius 3 is 2.58 bits per heavy atom. The molecular formula is C24H26F2N6O. The van der Waals surface area contributed by atoms with E-state index in [1.165, 1.54) is 6.33 Å². The van der Waals surface area contributed by atoms with Crippen LogP contribution in [0.3, 0.4) is 0 Å². The summed E-state index contributed by atoms with van der Waals surface area (Å²) < 4.78 is 28.0. The van der Waals surface area contributed by atoms with Gasteiger partial charge in [-0.1, -0.05) is 27.2 Å². The Balaban J connectivity index is 0.00000126. The summed E-state index contributed by atoms with van der Waals surface area (Å²) in [6, 6.07) is 5.66. The Hall–Kier alpha value is -3.49. The van der Waals surface area contributed by atoms with Crippen LogP contribution in [-0.4, -0.2) is 36.4 Å². The van der Waals surface area contributed by atoms with Crippen molar-refractivity contribution >= 4 is 28.3 Å². The molecular weight excluding hydrogens is 426 g/mol. The van der Waals surface area contributed by atoms with Gasteiger partial charge in [0.25, 0.3) is 5.92 Å². The molecule has 4 heterocycles. The molecule has 1 N–H and O–H groups in total. The number of carbonyl (C=O) groups is 1. The van der Waals surface area contributed by atoms with E-state index in [0.717, 1.165) is 40.6 Å². The molecule has 1 amide bonds. The second-order valence-electron chi connectivity index (χ2n) is 7.93. The molecule has 1 fully saturated rings. The lowest BCUT2D eigenvalue weighted by atomic mass is 10.0. The monoisotopic (exact) mass is 452 g/mol. The van der Waals surface area contributed by atoms with Gasteiger partial charge >= 0.3 is 0 Å². The van der Waals surface area contributed by atoms with Crippen LogP contribution in [0.2, 0.25) is 0 Å². The lowest BCUT2D eigenvalue weighted by molar-refractivity contribution is -0.119. The maximum atomic E-state index is 13.2. The van der Waals surface area contributed by atoms with Gasteiger partial charge in [0.1, 0.15) is 18.1 Å². The van der Waals surface area contributed by atoms with Gasteiger partial charge in [0.05, 0.1) is 5.52 Å². The molecule has 172 valence electrons. The number of alkyl halides is 2. The normalized spacial score (nSPS) is 16.4. The highest BCUT2D eigenvalue weighted by Gasteiger charge is 2.61. The first-order valence-corrected chi connectivity index (χ1v) is 11.1. The summed E-state index contributed by atoms with van der Waals surface area (Å²) in [5.74, 6) is -4.73. The number of nitrogens with zero attached hydrogens (tertiary/aromatic N) is 5. The molecule has 33 heavy (non-hydrogen) atoms. The number of aromatic nitrogens is 5. The molecule has 1 saturated carbocycles. The number of halogens is 2. The standard InChI is InChI=1S/C22H20F2N6O.C2H6/c1-3-4-14-5-12(2)16(10-25-14)15-6-13-9-26-19(29-21(31)17-8-22(17,23)24)7-18(13)30-20(15)27-11-28-30;1-2/h5-7,9-11,17H,3-4,8H2,1-2H3,(H,26,29,31);1-2H3. The average Bonchev–Trinajstić information content (AvgIpc) is 3.20. The molecule has 0 aromatic carbocycles. The van der Waals surface area contributed by atoms with Gasteiger partial charge in [-0.05, 0) is 31.0 Å². The number of amides is 1. The fourth-order valence-corrected chi connectivity index (χ4v) is 3.84. The zero-order valence-electron chi connectivity index (χ0n) is 19.1. The summed E-state index contributed by atoms with van der Waals surface area (Å²) >= 11 is 0. The molecule has 1 atom stereocenters. The highest BCUT2D eigenvalue weighted by atomic mass is 19.3. The third-order valence-electron chi connectivity index (χ3n) is 5.59. The molecule has 1 aliphatic carbocycles. The fourth-order valence-electron chi connectivity index (χ4n) is 3.84. The lowest BCUT2D eigenvalue weighted by Gasteiger charge is -2.12. The number of nitrogens with one attached hydrogen (secondary N) is 1. The van der Waals surface area contributed by atoms with Crippen molar-refractivity contribution in [3.8, 4) is 11.1 Å². The Kier molecular flexibility index (Phi) is 6.05. The van der Waals surface area contributed by atoms with Gasteiger partial charge in [0.2, 0.25) is 5.91 Å². The number of hydrogen-bond acceptors (Lipinski definition) is 5. The minimum absolute atomic E-state index is 0.200. The molecule has 9 heteroatoms. The van der Waals surface area contributed by atoms with E-state index < -0.39 is 24.2 Å². The number of fused-ring (bicyclic) bond motifs is 3. The lowest BCUT2D eigenvalue weighted by Crippen LogP contribution is -2.18. The molecule has 0 radical (unpaired) electrons. The first-order valence-electron chi connectivity index (χ1n) is 11.1. The van der Waals surface area contributed by atoms with E-state index in [4.69, 9.17) is 0 Å². The van der Waals surface area contributed by atoms with Crippen molar-refractivity contribution < 1.29 is 13.6 Å². The van der Waals surface area contributed by atoms with Crippen LogP contribution in [0.4, 0.5) is 14.6 Å². The van der Waals surface area contributed by atoms with Crippen molar-refractivity contribution in [2.75, 3.05) is 5.32 Å². The second-order valence-corrected chi connectivity index (χ2v) is 7.93. The second kappa shape index (κ2) is 8.80. The molecule has 0 spiro atoms. The van der Waals surface area contributed by atoms with E-state index in [9.17, 15) is 13.6 Å². The van der Waals surface area contributed by atoms with Crippen LogP contribution in [0.15, 0.2) is 36.9 Å². The van der Waals surface area contributed by atoms with Crippen LogP contribution in [0.25, 0.3) is 27.7 Å². The number of pyridine rings is 3. The fraction of sp³-hybridized carbons (Fsp3) is 0.375. The minimum atomic E-state index is -2.92. The topological polar surface area (TPSA) is 85.1 Å². The minimum Gasteiger partial charge on any atom is -0.310 e. The van der Waals surface area contributed by atoms with Crippen molar-refractivity contribution in [2.24, 2.45) is 5.92 Å². The summed E-state index contributed by atoms with van der Waals surface area (Å²) in [5, 5.41) is 7.58. The zero-order chi connectivity index (χ0) is 23.8. The summed E-state index contributed by atoms with van der Waals surface area (Å²) in [5.41, 5.74) is 5.26. The molecule has 4 aromatic rings. The average molecular weight is 453 g/mol. The SMILES string of the molecule is CC.CCCc1cc(C)c(-c2cc3cnc(NC(=O)C4CC4(F)F)cc3n3ncnc23)cn1. The van der Waals surface area contributed by atoms with Crippen LogP contribution in [0.5, 0.6) is 0 Å². The van der Waals surface area contributed by atoms with Gasteiger partial charge < -0.3 is 5.32 Å². The van der Waals surface area contributed by atoms with E-state index in [0.29, 0.717) is 11.2 Å². The number of anilines is 1. The Morgan fingerprint density at radius 1 is 1.15 bits per heavy atom. The van der Waals surface area contributed by atoms with Crippen molar-refractivity contribution in [3.05, 3.63) is 48.2 Å². The molecule has 1 aliphatic rings. The van der Waals surface area contributed by atoms with Crippen LogP contribution < -0.4 is 5.32 Å². The molecule has 0 bridgehead atoms. The predicted octanol–water partition coefficient (Wildman–Crippen LogP) is 5.22. The maximum Gasteiger partial charge on any atom is 0.260 e. The maximum absolute atomic E-state index is 13.2. The Morgan fingerprint density at radius 2 is 1.91 bits per heavy atom. The smallest absolute Gasteiger partial charge is 0.260 e. The molecule has 0 aliphatic heterocycles. The van der Waals surface area contributed by atoms with Gasteiger partial charge in [0, 0.05) is 47.1 Å². The van der Waals surface area contributed by atoms with Gasteiger partial charge in [-0.3, -0.25) is 9.78 Å². The third-order valence-corrected chi connectivity index (χ3v) is 5.59. The van der Waals surface area contributed by atoms with E-state index >= 15 is 0 Å². The van der Waals surface area contributed by atoms with Gasteiger partial charge in [-0.2, -0.15) is 5.10 Å². The predicted molar refractivity (Wildman–Crippen MR) is 123 cm³/mol. The summed E-state index contributed by atoms with van der Waals surface area (Å²) in [7, 11) is 0. The Labute approximate surface area is 190 Å². The summed E-state index contributed by atoms with van der Waals surface area (Å²) in [6.45, 7) is 8.16. The van der Waals surface area contributed by atoms with E-state index in [2.05, 4.69) is 38.4 Å². The molecule has 7 nitrogen and oxygen atoms in total. The molecule has 5 rings (SSSR count). The quantitative estimate of drug-likeness (QED) is 0.449. The van der Waals surface area contributed by atoms with Crippen LogP contribution in [0, 0.1) is 12.8 Å². The first-order chi connectivity index (χ1) is 15.9. The van der Waals surface area contributed by atoms with Gasteiger partial charge in [0.15, 0.2) is 5.65 Å². The molecule has 0 saturated heterocycles. The zero-order valence-corrected chi connectivity index (χ0v) is 19.1. The van der Waals surface area contributed by atoms with E-state index in [1.54, 1.807) is 16.8 Å². The van der Waals surface area contributed by atoms with E-state index in [-0.39, 0.29) is 5.82 Å². The van der Waals surface area contributed by atoms with E-state index in [1.807, 2.05) is 33.0 Å². The van der Waals surface area contributed by atoms with Crippen molar-refractivity contribution in [2.45, 2.75) is 52.9 Å².